The summed E-state index contributed by atoms with van der Waals surface area (Å²) in [5.41, 5.74) is 0. The van der Waals surface area contributed by atoms with Crippen LogP contribution in [0.15, 0.2) is 24.3 Å². The predicted molar refractivity (Wildman–Crippen MR) is 95.8 cm³/mol. The van der Waals surface area contributed by atoms with Crippen LogP contribution in [0.1, 0.15) is 32.6 Å². The molecular formula is C18H32O8. The van der Waals surface area contributed by atoms with Crippen LogP contribution >= 0.6 is 0 Å². The largest absolute Gasteiger partial charge is 0.508 e. The molecule has 0 spiro atoms. The molecule has 1 rings (SSSR count). The number of hydrogen-bond donors (Lipinski definition) is 5. The average molecular weight is 376 g/mol. The third kappa shape index (κ3) is 14.9. The van der Waals surface area contributed by atoms with Crippen molar-refractivity contribution in [1.29, 1.82) is 0 Å². The van der Waals surface area contributed by atoms with Crippen molar-refractivity contribution in [2.24, 2.45) is 0 Å². The van der Waals surface area contributed by atoms with Crippen LogP contribution in [-0.2, 0) is 9.62 Å². The standard InChI is InChI=1S/C12H18O3.C6H14O5/c1-2-3-4-5-9-14-15-12-8-6-7-11(13)10-12;7-1-5(9)3-11-4-6(10)2-8/h6-8,10,13H,2-5,9H2,1H3;5-10H,1-4H2. The van der Waals surface area contributed by atoms with E-state index in [1.165, 1.54) is 25.3 Å². The molecule has 8 heteroatoms. The van der Waals surface area contributed by atoms with E-state index in [9.17, 15) is 0 Å². The van der Waals surface area contributed by atoms with Gasteiger partial charge in [-0.05, 0) is 18.6 Å². The molecule has 1 aromatic rings. The fourth-order valence-corrected chi connectivity index (χ4v) is 1.68. The monoisotopic (exact) mass is 376 g/mol. The van der Waals surface area contributed by atoms with E-state index in [2.05, 4.69) is 6.92 Å². The van der Waals surface area contributed by atoms with Gasteiger partial charge in [-0.2, -0.15) is 4.89 Å². The molecule has 0 saturated heterocycles. The van der Waals surface area contributed by atoms with Crippen molar-refractivity contribution < 1.29 is 40.0 Å². The van der Waals surface area contributed by atoms with Gasteiger partial charge in [0.2, 0.25) is 0 Å². The summed E-state index contributed by atoms with van der Waals surface area (Å²) in [6, 6.07) is 6.57. The zero-order chi connectivity index (χ0) is 19.6. The molecule has 0 bridgehead atoms. The Balaban J connectivity index is 0.000000508. The summed E-state index contributed by atoms with van der Waals surface area (Å²) in [5, 5.41) is 43.2. The number of aliphatic hydroxyl groups excluding tert-OH is 4. The quantitative estimate of drug-likeness (QED) is 0.196. The number of phenols is 1. The molecule has 0 saturated carbocycles. The Labute approximate surface area is 154 Å². The van der Waals surface area contributed by atoms with Gasteiger partial charge in [-0.1, -0.05) is 32.3 Å². The van der Waals surface area contributed by atoms with Crippen LogP contribution in [0.25, 0.3) is 0 Å². The Morgan fingerprint density at radius 3 is 2.15 bits per heavy atom. The molecular weight excluding hydrogens is 344 g/mol. The van der Waals surface area contributed by atoms with E-state index < -0.39 is 12.2 Å². The SMILES string of the molecule is CCCCCCOOc1cccc(O)c1.OCC(O)COCC(O)CO. The molecule has 1 aromatic carbocycles. The van der Waals surface area contributed by atoms with E-state index >= 15 is 0 Å². The molecule has 26 heavy (non-hydrogen) atoms. The third-order valence-electron chi connectivity index (χ3n) is 3.10. The first-order valence-corrected chi connectivity index (χ1v) is 8.77. The van der Waals surface area contributed by atoms with Crippen molar-refractivity contribution in [3.8, 4) is 11.5 Å². The first kappa shape index (κ1) is 24.6. The zero-order valence-corrected chi connectivity index (χ0v) is 15.3. The van der Waals surface area contributed by atoms with Crippen molar-refractivity contribution in [2.45, 2.75) is 44.8 Å². The average Bonchev–Trinajstić information content (AvgIpc) is 2.64. The summed E-state index contributed by atoms with van der Waals surface area (Å²) < 4.78 is 4.72. The first-order valence-electron chi connectivity index (χ1n) is 8.77. The topological polar surface area (TPSA) is 129 Å². The Bertz CT molecular complexity index is 419. The minimum absolute atomic E-state index is 0.0342. The molecule has 5 N–H and O–H groups in total. The van der Waals surface area contributed by atoms with Crippen LogP contribution in [0.3, 0.4) is 0 Å². The summed E-state index contributed by atoms with van der Waals surface area (Å²) in [6.45, 7) is 1.96. The number of hydrogen-bond acceptors (Lipinski definition) is 8. The van der Waals surface area contributed by atoms with Gasteiger partial charge in [0.15, 0.2) is 5.75 Å². The van der Waals surface area contributed by atoms with E-state index in [-0.39, 0.29) is 32.2 Å². The van der Waals surface area contributed by atoms with E-state index in [1.807, 2.05) is 0 Å². The molecule has 0 amide bonds. The van der Waals surface area contributed by atoms with Crippen LogP contribution in [0.4, 0.5) is 0 Å². The minimum Gasteiger partial charge on any atom is -0.508 e. The van der Waals surface area contributed by atoms with Crippen LogP contribution in [0.5, 0.6) is 11.5 Å². The van der Waals surface area contributed by atoms with Gasteiger partial charge in [0.05, 0.1) is 33.0 Å². The highest BCUT2D eigenvalue weighted by Gasteiger charge is 2.05. The Hall–Kier alpha value is -1.42. The van der Waals surface area contributed by atoms with E-state index in [0.717, 1.165) is 6.42 Å². The van der Waals surface area contributed by atoms with E-state index in [4.69, 9.17) is 40.0 Å². The van der Waals surface area contributed by atoms with Gasteiger partial charge >= 0.3 is 0 Å². The molecule has 152 valence electrons. The summed E-state index contributed by atoms with van der Waals surface area (Å²) >= 11 is 0. The van der Waals surface area contributed by atoms with Gasteiger partial charge < -0.3 is 35.2 Å². The summed E-state index contributed by atoms with van der Waals surface area (Å²) in [5.74, 6) is 0.715. The lowest BCUT2D eigenvalue weighted by atomic mass is 10.2. The van der Waals surface area contributed by atoms with Crippen molar-refractivity contribution in [2.75, 3.05) is 33.0 Å². The summed E-state index contributed by atoms with van der Waals surface area (Å²) in [7, 11) is 0. The molecule has 2 unspecified atom stereocenters. The maximum Gasteiger partial charge on any atom is 0.169 e. The van der Waals surface area contributed by atoms with Gasteiger partial charge in [-0.25, -0.2) is 0 Å². The smallest absolute Gasteiger partial charge is 0.169 e. The second kappa shape index (κ2) is 17.0. The second-order valence-electron chi connectivity index (χ2n) is 5.67. The normalized spacial score (nSPS) is 12.8. The molecule has 0 aliphatic heterocycles. The highest BCUT2D eigenvalue weighted by molar-refractivity contribution is 5.31. The van der Waals surface area contributed by atoms with Gasteiger partial charge in [0.25, 0.3) is 0 Å². The van der Waals surface area contributed by atoms with Crippen molar-refractivity contribution in [1.82, 2.24) is 0 Å². The third-order valence-corrected chi connectivity index (χ3v) is 3.10. The van der Waals surface area contributed by atoms with Gasteiger partial charge in [-0.15, -0.1) is 0 Å². The van der Waals surface area contributed by atoms with Crippen LogP contribution in [0.2, 0.25) is 0 Å². The lowest BCUT2D eigenvalue weighted by molar-refractivity contribution is -0.207. The van der Waals surface area contributed by atoms with Crippen molar-refractivity contribution in [3.05, 3.63) is 24.3 Å². The van der Waals surface area contributed by atoms with Crippen molar-refractivity contribution >= 4 is 0 Å². The molecule has 2 atom stereocenters. The second-order valence-corrected chi connectivity index (χ2v) is 5.67. The van der Waals surface area contributed by atoms with Gasteiger partial charge in [-0.3, -0.25) is 0 Å². The van der Waals surface area contributed by atoms with E-state index in [1.54, 1.807) is 18.2 Å². The van der Waals surface area contributed by atoms with Crippen LogP contribution in [0, 0.1) is 0 Å². The van der Waals surface area contributed by atoms with Crippen LogP contribution < -0.4 is 4.89 Å². The fraction of sp³-hybridized carbons (Fsp3) is 0.667. The predicted octanol–water partition coefficient (Wildman–Crippen LogP) is 0.992. The molecule has 0 fully saturated rings. The first-order chi connectivity index (χ1) is 12.5. The summed E-state index contributed by atoms with van der Waals surface area (Å²) in [6.07, 6.45) is 2.79. The number of ether oxygens (including phenoxy) is 1. The van der Waals surface area contributed by atoms with E-state index in [0.29, 0.717) is 12.4 Å². The fourth-order valence-electron chi connectivity index (χ4n) is 1.68. The lowest BCUT2D eigenvalue weighted by Crippen LogP contribution is -2.25. The Morgan fingerprint density at radius 2 is 1.62 bits per heavy atom. The number of phenolic OH excluding ortho intramolecular Hbond substituents is 1. The molecule has 0 aromatic heterocycles. The number of rotatable bonds is 13. The van der Waals surface area contributed by atoms with Crippen LogP contribution in [-0.4, -0.2) is 70.8 Å². The molecule has 0 aliphatic rings. The minimum atomic E-state index is -0.916. The maximum atomic E-state index is 9.15. The highest BCUT2D eigenvalue weighted by Crippen LogP contribution is 2.17. The molecule has 8 nitrogen and oxygen atoms in total. The van der Waals surface area contributed by atoms with Gasteiger partial charge in [0, 0.05) is 6.07 Å². The molecule has 0 heterocycles. The zero-order valence-electron chi connectivity index (χ0n) is 15.3. The van der Waals surface area contributed by atoms with Crippen molar-refractivity contribution in [3.63, 3.8) is 0 Å². The summed E-state index contributed by atoms with van der Waals surface area (Å²) in [4.78, 5) is 10.0. The number of aliphatic hydroxyl groups is 4. The lowest BCUT2D eigenvalue weighted by Gasteiger charge is -2.10. The maximum absolute atomic E-state index is 9.15. The highest BCUT2D eigenvalue weighted by atomic mass is 17.2. The molecule has 0 radical (unpaired) electrons. The Kier molecular flexibility index (Phi) is 16.1. The molecule has 0 aliphatic carbocycles. The van der Waals surface area contributed by atoms with Gasteiger partial charge in [0.1, 0.15) is 18.0 Å². The number of aromatic hydroxyl groups is 1. The number of unbranched alkanes of at least 4 members (excludes halogenated alkanes) is 3. The Morgan fingerprint density at radius 1 is 0.962 bits per heavy atom. The number of benzene rings is 1.